The van der Waals surface area contributed by atoms with E-state index in [1.54, 1.807) is 24.5 Å². The minimum atomic E-state index is -4.48. The molecule has 3 heterocycles. The smallest absolute Gasteiger partial charge is 0.367 e. The average molecular weight is 552 g/mol. The second-order valence-electron chi connectivity index (χ2n) is 9.14. The van der Waals surface area contributed by atoms with Crippen molar-refractivity contribution in [2.45, 2.75) is 19.1 Å². The van der Waals surface area contributed by atoms with Crippen LogP contribution in [0.2, 0.25) is 5.02 Å². The number of fused-ring (bicyclic) bond motifs is 1. The number of carbonyl (C=O) groups excluding carboxylic acids is 1. The molecule has 0 atom stereocenters. The molecule has 10 heteroatoms. The van der Waals surface area contributed by atoms with Gasteiger partial charge in [-0.2, -0.15) is 13.2 Å². The summed E-state index contributed by atoms with van der Waals surface area (Å²) in [4.78, 5) is 23.2. The molecule has 1 aliphatic heterocycles. The SMILES string of the molecule is O=C(NCCc1ccccn1)c1ccc(-c2cnc3c(c2)N(Cc2cc(Cl)ccc2C(F)(F)F)CCN3)cc1. The van der Waals surface area contributed by atoms with Gasteiger partial charge in [-0.1, -0.05) is 29.8 Å². The highest BCUT2D eigenvalue weighted by molar-refractivity contribution is 6.30. The molecule has 5 rings (SSSR count). The number of hydrogen-bond acceptors (Lipinski definition) is 5. The first kappa shape index (κ1) is 26.5. The first-order valence-electron chi connectivity index (χ1n) is 12.4. The molecule has 0 bridgehead atoms. The van der Waals surface area contributed by atoms with Gasteiger partial charge in [-0.25, -0.2) is 4.98 Å². The molecule has 2 N–H and O–H groups in total. The molecule has 1 aliphatic rings. The first-order valence-corrected chi connectivity index (χ1v) is 12.8. The quantitative estimate of drug-likeness (QED) is 0.285. The Balaban J connectivity index is 1.31. The largest absolute Gasteiger partial charge is 0.416 e. The number of aromatic nitrogens is 2. The van der Waals surface area contributed by atoms with Crippen LogP contribution in [0.25, 0.3) is 11.1 Å². The lowest BCUT2D eigenvalue weighted by molar-refractivity contribution is -0.138. The van der Waals surface area contributed by atoms with Crippen molar-refractivity contribution in [2.75, 3.05) is 29.9 Å². The summed E-state index contributed by atoms with van der Waals surface area (Å²) < 4.78 is 40.9. The van der Waals surface area contributed by atoms with Crippen LogP contribution in [0.5, 0.6) is 0 Å². The zero-order valence-corrected chi connectivity index (χ0v) is 21.6. The van der Waals surface area contributed by atoms with E-state index in [0.717, 1.165) is 22.9 Å². The molecule has 0 saturated heterocycles. The first-order chi connectivity index (χ1) is 18.8. The number of pyridine rings is 2. The van der Waals surface area contributed by atoms with E-state index in [1.165, 1.54) is 12.1 Å². The Bertz CT molecular complexity index is 1460. The predicted octanol–water partition coefficient (Wildman–Crippen LogP) is 6.22. The average Bonchev–Trinajstić information content (AvgIpc) is 2.93. The fourth-order valence-corrected chi connectivity index (χ4v) is 4.72. The number of nitrogens with zero attached hydrogens (tertiary/aromatic N) is 3. The van der Waals surface area contributed by atoms with Gasteiger partial charge < -0.3 is 15.5 Å². The molecule has 0 unspecified atom stereocenters. The van der Waals surface area contributed by atoms with E-state index in [-0.39, 0.29) is 23.0 Å². The molecule has 0 aliphatic carbocycles. The normalized spacial score (nSPS) is 13.0. The highest BCUT2D eigenvalue weighted by Gasteiger charge is 2.34. The summed E-state index contributed by atoms with van der Waals surface area (Å²) >= 11 is 6.04. The molecule has 2 aromatic heterocycles. The van der Waals surface area contributed by atoms with Gasteiger partial charge in [0.05, 0.1) is 11.3 Å². The Kier molecular flexibility index (Phi) is 7.70. The number of hydrogen-bond donors (Lipinski definition) is 2. The van der Waals surface area contributed by atoms with Crippen LogP contribution in [-0.4, -0.2) is 35.5 Å². The summed E-state index contributed by atoms with van der Waals surface area (Å²) in [5.74, 6) is 0.419. The third-order valence-electron chi connectivity index (χ3n) is 6.49. The van der Waals surface area contributed by atoms with Gasteiger partial charge in [-0.05, 0) is 59.7 Å². The molecule has 200 valence electrons. The molecule has 39 heavy (non-hydrogen) atoms. The van der Waals surface area contributed by atoms with Gasteiger partial charge in [-0.3, -0.25) is 9.78 Å². The van der Waals surface area contributed by atoms with Gasteiger partial charge in [-0.15, -0.1) is 0 Å². The van der Waals surface area contributed by atoms with Crippen molar-refractivity contribution in [1.29, 1.82) is 0 Å². The molecule has 4 aromatic rings. The van der Waals surface area contributed by atoms with Crippen LogP contribution in [0.15, 0.2) is 79.1 Å². The Morgan fingerprint density at radius 1 is 1.03 bits per heavy atom. The van der Waals surface area contributed by atoms with Crippen molar-refractivity contribution in [1.82, 2.24) is 15.3 Å². The minimum absolute atomic E-state index is 0.0346. The van der Waals surface area contributed by atoms with Gasteiger partial charge in [0.1, 0.15) is 5.82 Å². The van der Waals surface area contributed by atoms with Crippen molar-refractivity contribution in [3.63, 3.8) is 0 Å². The van der Waals surface area contributed by atoms with Crippen LogP contribution in [0.4, 0.5) is 24.7 Å². The van der Waals surface area contributed by atoms with Gasteiger partial charge in [0, 0.05) is 66.8 Å². The zero-order valence-electron chi connectivity index (χ0n) is 20.8. The maximum Gasteiger partial charge on any atom is 0.416 e. The van der Waals surface area contributed by atoms with Gasteiger partial charge >= 0.3 is 6.18 Å². The summed E-state index contributed by atoms with van der Waals surface area (Å²) in [5, 5.41) is 6.36. The minimum Gasteiger partial charge on any atom is -0.367 e. The predicted molar refractivity (Wildman–Crippen MR) is 146 cm³/mol. The molecule has 0 saturated carbocycles. The topological polar surface area (TPSA) is 70.2 Å². The Hall–Kier alpha value is -4.11. The maximum atomic E-state index is 13.6. The van der Waals surface area contributed by atoms with E-state index in [4.69, 9.17) is 11.6 Å². The standard InChI is InChI=1S/C29H25ClF3N5O/c30-23-8-9-25(29(31,32)33)22(15-23)18-38-14-13-35-27-26(38)16-21(17-37-27)19-4-6-20(7-5-19)28(39)36-12-10-24-3-1-2-11-34-24/h1-9,11,15-17H,10,12-14,18H2,(H,35,37)(H,36,39). The monoisotopic (exact) mass is 551 g/mol. The second-order valence-corrected chi connectivity index (χ2v) is 9.58. The van der Waals surface area contributed by atoms with Gasteiger partial charge in [0.25, 0.3) is 5.91 Å². The summed E-state index contributed by atoms with van der Waals surface area (Å²) in [6, 6.07) is 18.3. The van der Waals surface area contributed by atoms with E-state index in [0.29, 0.717) is 43.1 Å². The zero-order chi connectivity index (χ0) is 27.4. The molecular formula is C29H25ClF3N5O. The number of anilines is 2. The van der Waals surface area contributed by atoms with E-state index in [2.05, 4.69) is 20.6 Å². The maximum absolute atomic E-state index is 13.6. The lowest BCUT2D eigenvalue weighted by Gasteiger charge is -2.32. The summed E-state index contributed by atoms with van der Waals surface area (Å²) in [6.07, 6.45) is -0.422. The van der Waals surface area contributed by atoms with Crippen molar-refractivity contribution in [2.24, 2.45) is 0 Å². The number of rotatable bonds is 7. The Morgan fingerprint density at radius 2 is 1.85 bits per heavy atom. The molecule has 0 spiro atoms. The lowest BCUT2D eigenvalue weighted by atomic mass is 10.0. The van der Waals surface area contributed by atoms with Crippen molar-refractivity contribution in [3.05, 3.63) is 107 Å². The van der Waals surface area contributed by atoms with E-state index >= 15 is 0 Å². The van der Waals surface area contributed by atoms with Crippen LogP contribution in [0.1, 0.15) is 27.2 Å². The van der Waals surface area contributed by atoms with Crippen LogP contribution in [0, 0.1) is 0 Å². The summed E-state index contributed by atoms with van der Waals surface area (Å²) in [7, 11) is 0. The Morgan fingerprint density at radius 3 is 2.59 bits per heavy atom. The van der Waals surface area contributed by atoms with Gasteiger partial charge in [0.2, 0.25) is 0 Å². The van der Waals surface area contributed by atoms with Crippen molar-refractivity contribution >= 4 is 29.0 Å². The van der Waals surface area contributed by atoms with E-state index in [1.807, 2.05) is 41.3 Å². The molecule has 1 amide bonds. The van der Waals surface area contributed by atoms with Crippen molar-refractivity contribution < 1.29 is 18.0 Å². The summed E-state index contributed by atoms with van der Waals surface area (Å²) in [6.45, 7) is 1.55. The lowest BCUT2D eigenvalue weighted by Crippen LogP contribution is -2.34. The van der Waals surface area contributed by atoms with Gasteiger partial charge in [0.15, 0.2) is 0 Å². The molecule has 6 nitrogen and oxygen atoms in total. The van der Waals surface area contributed by atoms with Crippen LogP contribution < -0.4 is 15.5 Å². The highest BCUT2D eigenvalue weighted by atomic mass is 35.5. The summed E-state index contributed by atoms with van der Waals surface area (Å²) in [5.41, 5.74) is 3.14. The van der Waals surface area contributed by atoms with Crippen LogP contribution in [-0.2, 0) is 19.1 Å². The number of carbonyl (C=O) groups is 1. The number of alkyl halides is 3. The molecule has 0 radical (unpaired) electrons. The molecule has 0 fully saturated rings. The number of halogens is 4. The van der Waals surface area contributed by atoms with Crippen LogP contribution in [0.3, 0.4) is 0 Å². The number of benzene rings is 2. The molecular weight excluding hydrogens is 527 g/mol. The third-order valence-corrected chi connectivity index (χ3v) is 6.72. The van der Waals surface area contributed by atoms with E-state index < -0.39 is 11.7 Å². The highest BCUT2D eigenvalue weighted by Crippen LogP contribution is 2.37. The second kappa shape index (κ2) is 11.3. The fraction of sp³-hybridized carbons (Fsp3) is 0.207. The fourth-order valence-electron chi connectivity index (χ4n) is 4.52. The number of amides is 1. The molecule has 2 aromatic carbocycles. The van der Waals surface area contributed by atoms with E-state index in [9.17, 15) is 18.0 Å². The number of nitrogens with one attached hydrogen (secondary N) is 2. The third kappa shape index (κ3) is 6.31. The van der Waals surface area contributed by atoms with Crippen molar-refractivity contribution in [3.8, 4) is 11.1 Å². The Labute approximate surface area is 228 Å². The van der Waals surface area contributed by atoms with Crippen LogP contribution >= 0.6 is 11.6 Å².